The number of hydrogen-bond donors (Lipinski definition) is 1. The van der Waals surface area contributed by atoms with Crippen molar-refractivity contribution >= 4 is 0 Å². The minimum Gasteiger partial charge on any atom is -0.388 e. The molecule has 1 saturated carbocycles. The number of hydrogen-bond acceptors (Lipinski definition) is 1. The number of rotatable bonds is 3. The molecule has 1 nitrogen and oxygen atoms in total. The number of aliphatic hydroxyl groups is 1. The Balaban J connectivity index is 2.02. The van der Waals surface area contributed by atoms with Crippen molar-refractivity contribution in [1.82, 2.24) is 0 Å². The predicted molar refractivity (Wildman–Crippen MR) is 58.1 cm³/mol. The van der Waals surface area contributed by atoms with Crippen LogP contribution in [-0.4, -0.2) is 5.11 Å². The van der Waals surface area contributed by atoms with Crippen molar-refractivity contribution < 1.29 is 5.11 Å². The Hall–Kier alpha value is -0.820. The number of benzene rings is 1. The second-order valence-electron chi connectivity index (χ2n) is 4.41. The van der Waals surface area contributed by atoms with Crippen molar-refractivity contribution in [3.8, 4) is 0 Å². The van der Waals surface area contributed by atoms with E-state index in [0.717, 1.165) is 17.9 Å². The Kier molecular flexibility index (Phi) is 2.87. The minimum absolute atomic E-state index is 0.249. The summed E-state index contributed by atoms with van der Waals surface area (Å²) in [6.07, 6.45) is 4.67. The summed E-state index contributed by atoms with van der Waals surface area (Å²) in [5.74, 6) is 0.768. The minimum atomic E-state index is -0.249. The van der Waals surface area contributed by atoms with Gasteiger partial charge in [0, 0.05) is 0 Å². The van der Waals surface area contributed by atoms with Crippen LogP contribution < -0.4 is 0 Å². The fourth-order valence-electron chi connectivity index (χ4n) is 2.13. The van der Waals surface area contributed by atoms with Gasteiger partial charge in [-0.2, -0.15) is 0 Å². The first-order valence-electron chi connectivity index (χ1n) is 5.51. The lowest BCUT2D eigenvalue weighted by atomic mass is 9.80. The first kappa shape index (κ1) is 9.72. The quantitative estimate of drug-likeness (QED) is 0.776. The molecule has 1 N–H and O–H groups in total. The predicted octanol–water partition coefficient (Wildman–Crippen LogP) is 3.22. The van der Waals surface area contributed by atoms with Gasteiger partial charge in [0.25, 0.3) is 0 Å². The monoisotopic (exact) mass is 190 g/mol. The van der Waals surface area contributed by atoms with Crippen LogP contribution in [0.2, 0.25) is 0 Å². The zero-order valence-corrected chi connectivity index (χ0v) is 8.74. The highest BCUT2D eigenvalue weighted by molar-refractivity contribution is 5.27. The largest absolute Gasteiger partial charge is 0.388 e. The summed E-state index contributed by atoms with van der Waals surface area (Å²) >= 11 is 0. The molecule has 0 heterocycles. The molecule has 1 aliphatic rings. The molecule has 0 aliphatic heterocycles. The summed E-state index contributed by atoms with van der Waals surface area (Å²) < 4.78 is 0. The van der Waals surface area contributed by atoms with Gasteiger partial charge in [0.1, 0.15) is 0 Å². The smallest absolute Gasteiger partial charge is 0.0795 e. The second kappa shape index (κ2) is 4.14. The average Bonchev–Trinajstić information content (AvgIpc) is 2.12. The molecule has 76 valence electrons. The molecule has 1 atom stereocenters. The Bertz CT molecular complexity index is 302. The Morgan fingerprint density at radius 3 is 2.64 bits per heavy atom. The highest BCUT2D eigenvalue weighted by atomic mass is 16.3. The number of aliphatic hydroxyl groups excluding tert-OH is 1. The molecule has 0 amide bonds. The Morgan fingerprint density at radius 1 is 1.36 bits per heavy atom. The maximum atomic E-state index is 10.0. The zero-order chi connectivity index (χ0) is 9.97. The summed E-state index contributed by atoms with van der Waals surface area (Å²) in [6.45, 7) is 2.07. The van der Waals surface area contributed by atoms with Crippen LogP contribution >= 0.6 is 0 Å². The van der Waals surface area contributed by atoms with E-state index >= 15 is 0 Å². The van der Waals surface area contributed by atoms with E-state index in [1.807, 2.05) is 18.2 Å². The molecule has 1 heteroatoms. The van der Waals surface area contributed by atoms with Crippen LogP contribution in [0.15, 0.2) is 24.3 Å². The van der Waals surface area contributed by atoms with Crippen LogP contribution in [0.25, 0.3) is 0 Å². The van der Waals surface area contributed by atoms with Gasteiger partial charge in [0.05, 0.1) is 6.10 Å². The normalized spacial score (nSPS) is 19.0. The summed E-state index contributed by atoms with van der Waals surface area (Å²) in [5, 5.41) is 10.0. The van der Waals surface area contributed by atoms with E-state index < -0.39 is 0 Å². The Morgan fingerprint density at radius 2 is 2.07 bits per heavy atom. The molecule has 0 spiro atoms. The summed E-state index contributed by atoms with van der Waals surface area (Å²) in [7, 11) is 0. The van der Waals surface area contributed by atoms with Crippen molar-refractivity contribution in [1.29, 1.82) is 0 Å². The highest BCUT2D eigenvalue weighted by Gasteiger charge is 2.22. The molecule has 1 unspecified atom stereocenters. The summed E-state index contributed by atoms with van der Waals surface area (Å²) in [6, 6.07) is 8.14. The first-order valence-corrected chi connectivity index (χ1v) is 5.51. The lowest BCUT2D eigenvalue weighted by Crippen LogP contribution is -2.15. The third-order valence-electron chi connectivity index (χ3n) is 3.33. The van der Waals surface area contributed by atoms with Gasteiger partial charge >= 0.3 is 0 Å². The first-order chi connectivity index (χ1) is 6.77. The standard InChI is InChI=1S/C13H18O/c1-10-5-2-3-8-12(10)13(14)9-11-6-4-7-11/h2-3,5,8,11,13-14H,4,6-7,9H2,1H3. The van der Waals surface area contributed by atoms with Crippen LogP contribution in [0.5, 0.6) is 0 Å². The molecule has 14 heavy (non-hydrogen) atoms. The third-order valence-corrected chi connectivity index (χ3v) is 3.33. The molecule has 0 bridgehead atoms. The van der Waals surface area contributed by atoms with Gasteiger partial charge in [-0.25, -0.2) is 0 Å². The van der Waals surface area contributed by atoms with Crippen LogP contribution in [0.4, 0.5) is 0 Å². The van der Waals surface area contributed by atoms with Gasteiger partial charge in [0.15, 0.2) is 0 Å². The second-order valence-corrected chi connectivity index (χ2v) is 4.41. The van der Waals surface area contributed by atoms with Crippen molar-refractivity contribution in [2.75, 3.05) is 0 Å². The van der Waals surface area contributed by atoms with E-state index in [4.69, 9.17) is 0 Å². The lowest BCUT2D eigenvalue weighted by Gasteiger charge is -2.28. The van der Waals surface area contributed by atoms with Gasteiger partial charge in [-0.3, -0.25) is 0 Å². The summed E-state index contributed by atoms with van der Waals surface area (Å²) in [5.41, 5.74) is 2.32. The molecule has 1 aromatic rings. The van der Waals surface area contributed by atoms with E-state index in [9.17, 15) is 5.11 Å². The molecule has 1 aliphatic carbocycles. The third kappa shape index (κ3) is 1.98. The van der Waals surface area contributed by atoms with E-state index in [1.165, 1.54) is 24.8 Å². The fraction of sp³-hybridized carbons (Fsp3) is 0.538. The van der Waals surface area contributed by atoms with Crippen molar-refractivity contribution in [3.05, 3.63) is 35.4 Å². The molecule has 1 fully saturated rings. The van der Waals surface area contributed by atoms with Crippen molar-refractivity contribution in [3.63, 3.8) is 0 Å². The van der Waals surface area contributed by atoms with E-state index in [1.54, 1.807) is 0 Å². The lowest BCUT2D eigenvalue weighted by molar-refractivity contribution is 0.118. The molecular formula is C13H18O. The zero-order valence-electron chi connectivity index (χ0n) is 8.74. The van der Waals surface area contributed by atoms with Gasteiger partial charge < -0.3 is 5.11 Å². The van der Waals surface area contributed by atoms with Gasteiger partial charge in [-0.1, -0.05) is 43.5 Å². The molecule has 0 saturated heterocycles. The van der Waals surface area contributed by atoms with Gasteiger partial charge in [-0.05, 0) is 30.4 Å². The molecule has 2 rings (SSSR count). The topological polar surface area (TPSA) is 20.2 Å². The van der Waals surface area contributed by atoms with Crippen molar-refractivity contribution in [2.45, 2.75) is 38.7 Å². The molecule has 0 radical (unpaired) electrons. The van der Waals surface area contributed by atoms with Gasteiger partial charge in [-0.15, -0.1) is 0 Å². The van der Waals surface area contributed by atoms with Crippen LogP contribution in [0.3, 0.4) is 0 Å². The fourth-order valence-corrected chi connectivity index (χ4v) is 2.13. The van der Waals surface area contributed by atoms with Crippen LogP contribution in [0, 0.1) is 12.8 Å². The summed E-state index contributed by atoms with van der Waals surface area (Å²) in [4.78, 5) is 0. The van der Waals surface area contributed by atoms with E-state index in [-0.39, 0.29) is 6.10 Å². The molecule has 1 aromatic carbocycles. The average molecular weight is 190 g/mol. The van der Waals surface area contributed by atoms with Crippen LogP contribution in [0.1, 0.15) is 42.9 Å². The highest BCUT2D eigenvalue weighted by Crippen LogP contribution is 2.35. The van der Waals surface area contributed by atoms with Gasteiger partial charge in [0.2, 0.25) is 0 Å². The van der Waals surface area contributed by atoms with Crippen LogP contribution in [-0.2, 0) is 0 Å². The van der Waals surface area contributed by atoms with E-state index in [0.29, 0.717) is 0 Å². The van der Waals surface area contributed by atoms with E-state index in [2.05, 4.69) is 13.0 Å². The molecular weight excluding hydrogens is 172 g/mol. The van der Waals surface area contributed by atoms with Crippen molar-refractivity contribution in [2.24, 2.45) is 5.92 Å². The number of aryl methyl sites for hydroxylation is 1. The molecule has 0 aromatic heterocycles. The maximum absolute atomic E-state index is 10.0. The SMILES string of the molecule is Cc1ccccc1C(O)CC1CCC1. The maximum Gasteiger partial charge on any atom is 0.0795 e. The Labute approximate surface area is 85.8 Å².